The predicted octanol–water partition coefficient (Wildman–Crippen LogP) is 3.36. The van der Waals surface area contributed by atoms with Crippen molar-refractivity contribution in [3.8, 4) is 17.3 Å². The van der Waals surface area contributed by atoms with Crippen molar-refractivity contribution < 1.29 is 4.74 Å². The van der Waals surface area contributed by atoms with E-state index in [-0.39, 0.29) is 6.04 Å². The molecule has 3 aromatic rings. The molecule has 1 aliphatic rings. The molecule has 0 saturated carbocycles. The Kier molecular flexibility index (Phi) is 4.16. The summed E-state index contributed by atoms with van der Waals surface area (Å²) < 4.78 is 5.98. The average molecular weight is 340 g/mol. The summed E-state index contributed by atoms with van der Waals surface area (Å²) in [5.74, 6) is 1.35. The molecule has 0 bridgehead atoms. The highest BCUT2D eigenvalue weighted by Gasteiger charge is 2.22. The summed E-state index contributed by atoms with van der Waals surface area (Å²) in [7, 11) is 0. The first-order valence-corrected chi connectivity index (χ1v) is 9.15. The molecule has 5 nitrogen and oxygen atoms in total. The number of rotatable bonds is 4. The number of hydrogen-bond acceptors (Lipinski definition) is 6. The third-order valence-corrected chi connectivity index (χ3v) is 5.39. The fourth-order valence-electron chi connectivity index (χ4n) is 3.07. The Morgan fingerprint density at radius 3 is 2.79 bits per heavy atom. The fraction of sp³-hybridized carbons (Fsp3) is 0.389. The molecule has 3 heterocycles. The van der Waals surface area contributed by atoms with E-state index in [0.717, 1.165) is 28.6 Å². The molecule has 3 aromatic heterocycles. The topological polar surface area (TPSA) is 73.9 Å². The molecule has 2 N–H and O–H groups in total. The highest BCUT2D eigenvalue weighted by molar-refractivity contribution is 7.18. The Morgan fingerprint density at radius 1 is 1.21 bits per heavy atom. The first-order chi connectivity index (χ1) is 11.7. The Bertz CT molecular complexity index is 860. The van der Waals surface area contributed by atoms with Gasteiger partial charge in [0.05, 0.1) is 5.39 Å². The third-order valence-electron chi connectivity index (χ3n) is 4.20. The van der Waals surface area contributed by atoms with Gasteiger partial charge in [0.1, 0.15) is 11.4 Å². The molecule has 1 aliphatic carbocycles. The first kappa shape index (κ1) is 15.5. The van der Waals surface area contributed by atoms with E-state index < -0.39 is 0 Å². The maximum Gasteiger partial charge on any atom is 0.226 e. The van der Waals surface area contributed by atoms with Gasteiger partial charge in [-0.1, -0.05) is 0 Å². The molecule has 124 valence electrons. The van der Waals surface area contributed by atoms with E-state index in [4.69, 9.17) is 20.4 Å². The van der Waals surface area contributed by atoms with Crippen LogP contribution in [0.1, 0.15) is 30.2 Å². The van der Waals surface area contributed by atoms with E-state index in [1.807, 2.05) is 19.1 Å². The number of nitrogens with zero attached hydrogens (tertiary/aromatic N) is 3. The molecule has 0 amide bonds. The zero-order chi connectivity index (χ0) is 16.5. The zero-order valence-corrected chi connectivity index (χ0v) is 14.5. The molecule has 0 spiro atoms. The van der Waals surface area contributed by atoms with Gasteiger partial charge in [0.25, 0.3) is 0 Å². The molecule has 0 saturated heterocycles. The number of thiophene rings is 1. The van der Waals surface area contributed by atoms with E-state index in [1.54, 1.807) is 23.7 Å². The van der Waals surface area contributed by atoms with Gasteiger partial charge in [-0.2, -0.15) is 4.98 Å². The van der Waals surface area contributed by atoms with E-state index in [1.165, 1.54) is 23.3 Å². The van der Waals surface area contributed by atoms with Crippen LogP contribution in [0.15, 0.2) is 24.5 Å². The maximum atomic E-state index is 5.98. The lowest BCUT2D eigenvalue weighted by Gasteiger charge is -2.13. The molecule has 0 aromatic carbocycles. The van der Waals surface area contributed by atoms with Gasteiger partial charge in [-0.25, -0.2) is 4.98 Å². The van der Waals surface area contributed by atoms with Crippen LogP contribution in [0.5, 0.6) is 5.88 Å². The van der Waals surface area contributed by atoms with Crippen LogP contribution in [0.3, 0.4) is 0 Å². The standard InChI is InChI=1S/C18H20N4OS/c1-11(19)10-23-17-15-13-4-2-3-5-14(13)24-18(15)22-16(21-17)12-6-8-20-9-7-12/h6-9,11H,2-5,10,19H2,1H3. The number of hydrogen-bond donors (Lipinski definition) is 1. The molecule has 0 radical (unpaired) electrons. The molecule has 4 rings (SSSR count). The molecule has 1 unspecified atom stereocenters. The number of pyridine rings is 1. The number of aromatic nitrogens is 3. The Labute approximate surface area is 144 Å². The number of fused-ring (bicyclic) bond motifs is 3. The van der Waals surface area contributed by atoms with Gasteiger partial charge in [0.2, 0.25) is 5.88 Å². The van der Waals surface area contributed by atoms with E-state index in [9.17, 15) is 0 Å². The summed E-state index contributed by atoms with van der Waals surface area (Å²) in [5, 5.41) is 1.09. The Hall–Kier alpha value is -2.05. The van der Waals surface area contributed by atoms with Crippen LogP contribution in [0, 0.1) is 0 Å². The van der Waals surface area contributed by atoms with Gasteiger partial charge in [0, 0.05) is 28.9 Å². The second kappa shape index (κ2) is 6.45. The zero-order valence-electron chi connectivity index (χ0n) is 13.7. The normalized spacial score (nSPS) is 15.2. The van der Waals surface area contributed by atoms with Crippen molar-refractivity contribution in [3.05, 3.63) is 35.0 Å². The lowest BCUT2D eigenvalue weighted by molar-refractivity contribution is 0.289. The lowest BCUT2D eigenvalue weighted by Crippen LogP contribution is -2.24. The predicted molar refractivity (Wildman–Crippen MR) is 96.4 cm³/mol. The lowest BCUT2D eigenvalue weighted by atomic mass is 9.97. The van der Waals surface area contributed by atoms with Crippen LogP contribution in [-0.2, 0) is 12.8 Å². The van der Waals surface area contributed by atoms with Crippen molar-refractivity contribution in [2.24, 2.45) is 5.73 Å². The largest absolute Gasteiger partial charge is 0.475 e. The minimum Gasteiger partial charge on any atom is -0.475 e. The van der Waals surface area contributed by atoms with Gasteiger partial charge in [0.15, 0.2) is 5.82 Å². The molecule has 1 atom stereocenters. The van der Waals surface area contributed by atoms with Crippen molar-refractivity contribution in [2.75, 3.05) is 6.61 Å². The van der Waals surface area contributed by atoms with Gasteiger partial charge in [-0.15, -0.1) is 11.3 Å². The smallest absolute Gasteiger partial charge is 0.226 e. The van der Waals surface area contributed by atoms with Crippen LogP contribution in [0.4, 0.5) is 0 Å². The average Bonchev–Trinajstić information content (AvgIpc) is 2.99. The van der Waals surface area contributed by atoms with Crippen molar-refractivity contribution in [2.45, 2.75) is 38.6 Å². The van der Waals surface area contributed by atoms with Crippen LogP contribution in [-0.4, -0.2) is 27.6 Å². The van der Waals surface area contributed by atoms with Crippen LogP contribution in [0.25, 0.3) is 21.6 Å². The summed E-state index contributed by atoms with van der Waals surface area (Å²) in [4.78, 5) is 16.0. The minimum absolute atomic E-state index is 0.0335. The molecule has 0 fully saturated rings. The molecular formula is C18H20N4OS. The Balaban J connectivity index is 1.88. The monoisotopic (exact) mass is 340 g/mol. The SMILES string of the molecule is CC(N)COc1nc(-c2ccncc2)nc2sc3c(c12)CCCC3. The van der Waals surface area contributed by atoms with Gasteiger partial charge in [-0.3, -0.25) is 4.98 Å². The minimum atomic E-state index is -0.0335. The summed E-state index contributed by atoms with van der Waals surface area (Å²) >= 11 is 1.78. The number of aryl methyl sites for hydroxylation is 2. The highest BCUT2D eigenvalue weighted by atomic mass is 32.1. The van der Waals surface area contributed by atoms with Gasteiger partial charge >= 0.3 is 0 Å². The van der Waals surface area contributed by atoms with E-state index in [2.05, 4.69) is 4.98 Å². The van der Waals surface area contributed by atoms with Crippen molar-refractivity contribution >= 4 is 21.6 Å². The second-order valence-electron chi connectivity index (χ2n) is 6.27. The summed E-state index contributed by atoms with van der Waals surface area (Å²) in [6.07, 6.45) is 8.20. The number of ether oxygens (including phenoxy) is 1. The second-order valence-corrected chi connectivity index (χ2v) is 7.35. The molecule has 6 heteroatoms. The van der Waals surface area contributed by atoms with Crippen molar-refractivity contribution in [3.63, 3.8) is 0 Å². The van der Waals surface area contributed by atoms with Gasteiger partial charge < -0.3 is 10.5 Å². The quantitative estimate of drug-likeness (QED) is 0.788. The van der Waals surface area contributed by atoms with E-state index >= 15 is 0 Å². The molecule has 0 aliphatic heterocycles. The van der Waals surface area contributed by atoms with Crippen molar-refractivity contribution in [1.29, 1.82) is 0 Å². The number of nitrogens with two attached hydrogens (primary N) is 1. The molecule has 24 heavy (non-hydrogen) atoms. The Morgan fingerprint density at radius 2 is 2.00 bits per heavy atom. The summed E-state index contributed by atoms with van der Waals surface area (Å²) in [6, 6.07) is 3.81. The van der Waals surface area contributed by atoms with Crippen molar-refractivity contribution in [1.82, 2.24) is 15.0 Å². The highest BCUT2D eigenvalue weighted by Crippen LogP contribution is 2.40. The van der Waals surface area contributed by atoms with Crippen LogP contribution < -0.4 is 10.5 Å². The molecular weight excluding hydrogens is 320 g/mol. The van der Waals surface area contributed by atoms with E-state index in [0.29, 0.717) is 18.3 Å². The first-order valence-electron chi connectivity index (χ1n) is 8.33. The van der Waals surface area contributed by atoms with Crippen LogP contribution >= 0.6 is 11.3 Å². The van der Waals surface area contributed by atoms with Gasteiger partial charge in [-0.05, 0) is 50.3 Å². The third kappa shape index (κ3) is 2.87. The maximum absolute atomic E-state index is 5.98. The fourth-order valence-corrected chi connectivity index (χ4v) is 4.32. The summed E-state index contributed by atoms with van der Waals surface area (Å²) in [5.41, 5.74) is 8.20. The van der Waals surface area contributed by atoms with Crippen LogP contribution in [0.2, 0.25) is 0 Å². The summed E-state index contributed by atoms with van der Waals surface area (Å²) in [6.45, 7) is 2.39.